The lowest BCUT2D eigenvalue weighted by atomic mass is 9.99. The molecule has 0 aliphatic carbocycles. The molecule has 0 bridgehead atoms. The Morgan fingerprint density at radius 1 is 1.53 bits per heavy atom. The van der Waals surface area contributed by atoms with E-state index in [2.05, 4.69) is 6.92 Å². The third kappa shape index (κ3) is 2.78. The van der Waals surface area contributed by atoms with E-state index in [4.69, 9.17) is 11.6 Å². The Kier molecular flexibility index (Phi) is 3.67. The maximum absolute atomic E-state index is 13.6. The van der Waals surface area contributed by atoms with Crippen LogP contribution in [0.5, 0.6) is 0 Å². The molecular formula is C13H15ClFNO. The van der Waals surface area contributed by atoms with E-state index >= 15 is 0 Å². The Labute approximate surface area is 105 Å². The number of carbonyl (C=O) groups excluding carboxylic acids is 1. The van der Waals surface area contributed by atoms with Crippen LogP contribution < -0.4 is 0 Å². The van der Waals surface area contributed by atoms with Gasteiger partial charge in [0.15, 0.2) is 0 Å². The standard InChI is InChI=1S/C13H15ClFNO/c1-9-3-2-6-16(8-9)13(17)11-5-4-10(14)7-12(11)15/h4-5,7,9H,2-3,6,8H2,1H3/t9-/m1/s1. The topological polar surface area (TPSA) is 20.3 Å². The molecular weight excluding hydrogens is 241 g/mol. The van der Waals surface area contributed by atoms with Crippen molar-refractivity contribution in [2.75, 3.05) is 13.1 Å². The number of benzene rings is 1. The second kappa shape index (κ2) is 5.05. The summed E-state index contributed by atoms with van der Waals surface area (Å²) in [5.74, 6) is -0.283. The quantitative estimate of drug-likeness (QED) is 0.754. The fourth-order valence-electron chi connectivity index (χ4n) is 2.21. The highest BCUT2D eigenvalue weighted by Gasteiger charge is 2.23. The Bertz CT molecular complexity index is 435. The largest absolute Gasteiger partial charge is 0.338 e. The summed E-state index contributed by atoms with van der Waals surface area (Å²) >= 11 is 5.67. The predicted octanol–water partition coefficient (Wildman–Crippen LogP) is 3.35. The maximum atomic E-state index is 13.6. The van der Waals surface area contributed by atoms with Gasteiger partial charge in [0, 0.05) is 18.1 Å². The average Bonchev–Trinajstić information content (AvgIpc) is 2.28. The second-order valence-electron chi connectivity index (χ2n) is 4.62. The molecule has 1 amide bonds. The zero-order valence-electron chi connectivity index (χ0n) is 9.75. The zero-order chi connectivity index (χ0) is 12.4. The van der Waals surface area contributed by atoms with E-state index in [1.165, 1.54) is 12.1 Å². The van der Waals surface area contributed by atoms with Crippen LogP contribution in [0.15, 0.2) is 18.2 Å². The number of hydrogen-bond acceptors (Lipinski definition) is 1. The molecule has 1 atom stereocenters. The highest BCUT2D eigenvalue weighted by molar-refractivity contribution is 6.30. The van der Waals surface area contributed by atoms with Crippen LogP contribution in [0.4, 0.5) is 4.39 Å². The second-order valence-corrected chi connectivity index (χ2v) is 5.06. The highest BCUT2D eigenvalue weighted by Crippen LogP contribution is 2.20. The number of halogens is 2. The highest BCUT2D eigenvalue weighted by atomic mass is 35.5. The number of hydrogen-bond donors (Lipinski definition) is 0. The van der Waals surface area contributed by atoms with E-state index in [1.54, 1.807) is 11.0 Å². The molecule has 92 valence electrons. The SMILES string of the molecule is C[C@@H]1CCCN(C(=O)c2ccc(Cl)cc2F)C1. The number of likely N-dealkylation sites (tertiary alicyclic amines) is 1. The van der Waals surface area contributed by atoms with Crippen LogP contribution in [-0.4, -0.2) is 23.9 Å². The Morgan fingerprint density at radius 2 is 2.29 bits per heavy atom. The molecule has 1 aliphatic rings. The summed E-state index contributed by atoms with van der Waals surface area (Å²) in [6.07, 6.45) is 2.12. The summed E-state index contributed by atoms with van der Waals surface area (Å²) in [5, 5.41) is 0.311. The van der Waals surface area contributed by atoms with Crippen LogP contribution in [0.25, 0.3) is 0 Å². The molecule has 4 heteroatoms. The molecule has 1 aromatic carbocycles. The van der Waals surface area contributed by atoms with Crippen LogP contribution in [0, 0.1) is 11.7 Å². The van der Waals surface area contributed by atoms with Gasteiger partial charge in [-0.3, -0.25) is 4.79 Å². The van der Waals surface area contributed by atoms with E-state index in [-0.39, 0.29) is 11.5 Å². The molecule has 0 spiro atoms. The number of carbonyl (C=O) groups is 1. The van der Waals surface area contributed by atoms with Crippen molar-refractivity contribution in [3.63, 3.8) is 0 Å². The predicted molar refractivity (Wildman–Crippen MR) is 65.7 cm³/mol. The van der Waals surface area contributed by atoms with Crippen LogP contribution >= 0.6 is 11.6 Å². The smallest absolute Gasteiger partial charge is 0.256 e. The number of amides is 1. The number of nitrogens with zero attached hydrogens (tertiary/aromatic N) is 1. The molecule has 1 heterocycles. The van der Waals surface area contributed by atoms with Crippen molar-refractivity contribution in [2.45, 2.75) is 19.8 Å². The molecule has 0 N–H and O–H groups in total. The van der Waals surface area contributed by atoms with Gasteiger partial charge in [0.2, 0.25) is 0 Å². The van der Waals surface area contributed by atoms with Crippen molar-refractivity contribution in [2.24, 2.45) is 5.92 Å². The molecule has 17 heavy (non-hydrogen) atoms. The van der Waals surface area contributed by atoms with Gasteiger partial charge >= 0.3 is 0 Å². The van der Waals surface area contributed by atoms with E-state index in [0.717, 1.165) is 12.8 Å². The number of rotatable bonds is 1. The summed E-state index contributed by atoms with van der Waals surface area (Å²) in [7, 11) is 0. The lowest BCUT2D eigenvalue weighted by Gasteiger charge is -2.31. The Balaban J connectivity index is 2.18. The van der Waals surface area contributed by atoms with Crippen molar-refractivity contribution in [1.29, 1.82) is 0 Å². The van der Waals surface area contributed by atoms with Crippen molar-refractivity contribution in [3.05, 3.63) is 34.6 Å². The Morgan fingerprint density at radius 3 is 2.94 bits per heavy atom. The molecule has 0 saturated carbocycles. The molecule has 1 fully saturated rings. The van der Waals surface area contributed by atoms with Gasteiger partial charge in [0.05, 0.1) is 5.56 Å². The average molecular weight is 256 g/mol. The van der Waals surface area contributed by atoms with Crippen molar-refractivity contribution in [3.8, 4) is 0 Å². The van der Waals surface area contributed by atoms with Crippen LogP contribution in [-0.2, 0) is 0 Å². The first-order valence-electron chi connectivity index (χ1n) is 5.82. The first kappa shape index (κ1) is 12.4. The van der Waals surface area contributed by atoms with E-state index in [0.29, 0.717) is 24.0 Å². The minimum Gasteiger partial charge on any atom is -0.338 e. The van der Waals surface area contributed by atoms with Crippen LogP contribution in [0.1, 0.15) is 30.1 Å². The van der Waals surface area contributed by atoms with Crippen LogP contribution in [0.3, 0.4) is 0 Å². The van der Waals surface area contributed by atoms with Gasteiger partial charge in [-0.15, -0.1) is 0 Å². The normalized spacial score (nSPS) is 20.4. The molecule has 0 aromatic heterocycles. The van der Waals surface area contributed by atoms with Crippen molar-refractivity contribution in [1.82, 2.24) is 4.90 Å². The molecule has 1 saturated heterocycles. The molecule has 2 rings (SSSR count). The van der Waals surface area contributed by atoms with E-state index < -0.39 is 5.82 Å². The first-order chi connectivity index (χ1) is 8.08. The minimum absolute atomic E-state index is 0.114. The molecule has 1 aliphatic heterocycles. The molecule has 0 unspecified atom stereocenters. The van der Waals surface area contributed by atoms with Gasteiger partial charge in [-0.1, -0.05) is 18.5 Å². The Hall–Kier alpha value is -1.09. The lowest BCUT2D eigenvalue weighted by Crippen LogP contribution is -2.39. The molecule has 1 aromatic rings. The summed E-state index contributed by atoms with van der Waals surface area (Å²) in [5.41, 5.74) is 0.114. The summed E-state index contributed by atoms with van der Waals surface area (Å²) in [6, 6.07) is 4.19. The van der Waals surface area contributed by atoms with Crippen LogP contribution in [0.2, 0.25) is 5.02 Å². The van der Waals surface area contributed by atoms with Gasteiger partial charge in [0.25, 0.3) is 5.91 Å². The summed E-state index contributed by atoms with van der Waals surface area (Å²) in [4.78, 5) is 13.8. The zero-order valence-corrected chi connectivity index (χ0v) is 10.5. The lowest BCUT2D eigenvalue weighted by molar-refractivity contribution is 0.0678. The van der Waals surface area contributed by atoms with E-state index in [9.17, 15) is 9.18 Å². The van der Waals surface area contributed by atoms with E-state index in [1.807, 2.05) is 0 Å². The molecule has 0 radical (unpaired) electrons. The van der Waals surface area contributed by atoms with Gasteiger partial charge in [-0.2, -0.15) is 0 Å². The van der Waals surface area contributed by atoms with Gasteiger partial charge < -0.3 is 4.90 Å². The van der Waals surface area contributed by atoms with Gasteiger partial charge in [-0.25, -0.2) is 4.39 Å². The van der Waals surface area contributed by atoms with Crippen molar-refractivity contribution >= 4 is 17.5 Å². The monoisotopic (exact) mass is 255 g/mol. The van der Waals surface area contributed by atoms with Gasteiger partial charge in [-0.05, 0) is 37.0 Å². The third-order valence-corrected chi connectivity index (χ3v) is 3.34. The van der Waals surface area contributed by atoms with Gasteiger partial charge in [0.1, 0.15) is 5.82 Å². The fourth-order valence-corrected chi connectivity index (χ4v) is 2.37. The summed E-state index contributed by atoms with van der Waals surface area (Å²) < 4.78 is 13.6. The minimum atomic E-state index is -0.541. The maximum Gasteiger partial charge on any atom is 0.256 e. The summed E-state index contributed by atoms with van der Waals surface area (Å²) in [6.45, 7) is 3.53. The third-order valence-electron chi connectivity index (χ3n) is 3.11. The number of piperidine rings is 1. The first-order valence-corrected chi connectivity index (χ1v) is 6.20. The van der Waals surface area contributed by atoms with Crippen molar-refractivity contribution < 1.29 is 9.18 Å². The fraction of sp³-hybridized carbons (Fsp3) is 0.462. The molecule has 2 nitrogen and oxygen atoms in total.